The van der Waals surface area contributed by atoms with Crippen LogP contribution in [0.2, 0.25) is 0 Å². The number of methoxy groups -OCH3 is 1. The zero-order valence-corrected chi connectivity index (χ0v) is 23.9. The largest absolute Gasteiger partial charge is 0.494 e. The number of aromatic nitrogens is 3. The topological polar surface area (TPSA) is 98.8 Å². The summed E-state index contributed by atoms with van der Waals surface area (Å²) in [4.78, 5) is 32.5. The Morgan fingerprint density at radius 3 is 2.65 bits per heavy atom. The highest BCUT2D eigenvalue weighted by Gasteiger charge is 2.38. The molecule has 208 valence electrons. The molecule has 0 unspecified atom stereocenters. The maximum absolute atomic E-state index is 12.3. The van der Waals surface area contributed by atoms with Gasteiger partial charge in [-0.15, -0.1) is 6.42 Å². The summed E-state index contributed by atoms with van der Waals surface area (Å²) in [6, 6.07) is 9.40. The van der Waals surface area contributed by atoms with Crippen molar-refractivity contribution in [2.45, 2.75) is 19.3 Å². The summed E-state index contributed by atoms with van der Waals surface area (Å²) in [5, 5.41) is 6.19. The zero-order chi connectivity index (χ0) is 29.0. The molecule has 0 fully saturated rings. The van der Waals surface area contributed by atoms with Gasteiger partial charge in [0.05, 0.1) is 35.6 Å². The predicted octanol–water partition coefficient (Wildman–Crippen LogP) is 4.16. The molecule has 2 aromatic heterocycles. The molecule has 0 spiro atoms. The van der Waals surface area contributed by atoms with Crippen molar-refractivity contribution in [3.8, 4) is 18.1 Å². The fraction of sp³-hybridized carbons (Fsp3) is 0.333. The molecule has 2 N–H and O–H groups in total. The summed E-state index contributed by atoms with van der Waals surface area (Å²) in [5.74, 6) is 3.99. The zero-order valence-electron chi connectivity index (χ0n) is 23.9. The minimum Gasteiger partial charge on any atom is -0.494 e. The van der Waals surface area contributed by atoms with Gasteiger partial charge in [0.2, 0.25) is 11.9 Å². The Balaban J connectivity index is 1.68. The molecule has 3 heterocycles. The molecule has 1 aromatic carbocycles. The van der Waals surface area contributed by atoms with Gasteiger partial charge in [0.25, 0.3) is 0 Å². The average Bonchev–Trinajstić information content (AvgIpc) is 3.21. The number of hydrogen-bond donors (Lipinski definition) is 2. The average molecular weight is 541 g/mol. The van der Waals surface area contributed by atoms with Gasteiger partial charge in [-0.05, 0) is 44.4 Å². The summed E-state index contributed by atoms with van der Waals surface area (Å²) >= 11 is 0. The number of nitrogens with one attached hydrogen (secondary N) is 2. The molecule has 0 radical (unpaired) electrons. The quantitative estimate of drug-likeness (QED) is 0.290. The van der Waals surface area contributed by atoms with E-state index in [1.54, 1.807) is 13.3 Å². The fourth-order valence-corrected chi connectivity index (χ4v) is 4.59. The lowest BCUT2D eigenvalue weighted by molar-refractivity contribution is -0.111. The van der Waals surface area contributed by atoms with E-state index in [1.165, 1.54) is 6.08 Å². The summed E-state index contributed by atoms with van der Waals surface area (Å²) in [6.45, 7) is 10.1. The Morgan fingerprint density at radius 1 is 1.20 bits per heavy atom. The van der Waals surface area contributed by atoms with Crippen LogP contribution in [0.4, 0.5) is 34.5 Å². The standard InChI is InChI=1S/C30H36N8O2/c1-9-20-11-12-23-28(32-20)30(3,4)19-38(23)26-13-14-31-29(35-26)34-22-17-21(33-27(39)10-2)24(18-25(22)40-8)37(7)16-15-36(5)6/h1,10-14,17-18H,2,15-16,19H2,3-8H3,(H,33,39)(H,31,34,35). The van der Waals surface area contributed by atoms with Gasteiger partial charge in [0, 0.05) is 44.4 Å². The first-order chi connectivity index (χ1) is 19.1. The summed E-state index contributed by atoms with van der Waals surface area (Å²) in [5.41, 5.74) is 4.32. The van der Waals surface area contributed by atoms with Gasteiger partial charge >= 0.3 is 0 Å². The Morgan fingerprint density at radius 2 is 1.98 bits per heavy atom. The Bertz CT molecular complexity index is 1460. The molecule has 0 aliphatic carbocycles. The molecule has 1 aliphatic heterocycles. The molecular weight excluding hydrogens is 504 g/mol. The number of fused-ring (bicyclic) bond motifs is 1. The number of terminal acetylenes is 1. The highest BCUT2D eigenvalue weighted by atomic mass is 16.5. The van der Waals surface area contributed by atoms with Gasteiger partial charge < -0.3 is 30.1 Å². The third kappa shape index (κ3) is 6.00. The number of likely N-dealkylation sites (N-methyl/N-ethyl adjacent to an activating group) is 2. The van der Waals surface area contributed by atoms with Crippen molar-refractivity contribution in [1.29, 1.82) is 0 Å². The van der Waals surface area contributed by atoms with E-state index in [2.05, 4.69) is 56.7 Å². The van der Waals surface area contributed by atoms with Crippen molar-refractivity contribution in [2.24, 2.45) is 0 Å². The van der Waals surface area contributed by atoms with Crippen LogP contribution in [0.1, 0.15) is 25.2 Å². The first kappa shape index (κ1) is 28.4. The summed E-state index contributed by atoms with van der Waals surface area (Å²) < 4.78 is 5.72. The molecular formula is C30H36N8O2. The van der Waals surface area contributed by atoms with Crippen LogP contribution in [0.5, 0.6) is 5.75 Å². The van der Waals surface area contributed by atoms with E-state index < -0.39 is 0 Å². The lowest BCUT2D eigenvalue weighted by Gasteiger charge is -2.26. The van der Waals surface area contributed by atoms with Crippen molar-refractivity contribution >= 4 is 40.4 Å². The second-order valence-corrected chi connectivity index (χ2v) is 10.5. The third-order valence-electron chi connectivity index (χ3n) is 6.73. The van der Waals surface area contributed by atoms with Gasteiger partial charge in [-0.3, -0.25) is 4.79 Å². The molecule has 0 bridgehead atoms. The minimum absolute atomic E-state index is 0.212. The van der Waals surface area contributed by atoms with Crippen molar-refractivity contribution in [3.63, 3.8) is 0 Å². The second-order valence-electron chi connectivity index (χ2n) is 10.5. The number of benzene rings is 1. The molecule has 10 nitrogen and oxygen atoms in total. The van der Waals surface area contributed by atoms with Crippen LogP contribution in [-0.4, -0.2) is 73.6 Å². The van der Waals surface area contributed by atoms with E-state index in [0.29, 0.717) is 35.3 Å². The van der Waals surface area contributed by atoms with Crippen molar-refractivity contribution in [1.82, 2.24) is 19.9 Å². The highest BCUT2D eigenvalue weighted by molar-refractivity contribution is 6.02. The number of rotatable bonds is 10. The van der Waals surface area contributed by atoms with Crippen molar-refractivity contribution in [3.05, 3.63) is 60.6 Å². The van der Waals surface area contributed by atoms with E-state index in [9.17, 15) is 4.79 Å². The fourth-order valence-electron chi connectivity index (χ4n) is 4.59. The Hall–Kier alpha value is -4.62. The number of anilines is 6. The van der Waals surface area contributed by atoms with Crippen LogP contribution in [0.15, 0.2) is 49.2 Å². The Labute approximate surface area is 236 Å². The van der Waals surface area contributed by atoms with Crippen molar-refractivity contribution < 1.29 is 9.53 Å². The molecule has 3 aromatic rings. The number of pyridine rings is 1. The SMILES string of the molecule is C#Cc1ccc2c(n1)C(C)(C)CN2c1ccnc(Nc2cc(NC(=O)C=C)c(N(C)CCN(C)C)cc2OC)n1. The van der Waals surface area contributed by atoms with E-state index in [4.69, 9.17) is 21.1 Å². The van der Waals surface area contributed by atoms with Gasteiger partial charge in [-0.2, -0.15) is 4.98 Å². The van der Waals surface area contributed by atoms with Crippen LogP contribution in [0.25, 0.3) is 0 Å². The number of nitrogens with zero attached hydrogens (tertiary/aromatic N) is 6. The monoisotopic (exact) mass is 540 g/mol. The molecule has 0 saturated heterocycles. The van der Waals surface area contributed by atoms with Crippen molar-refractivity contribution in [2.75, 3.05) is 68.3 Å². The normalized spacial score (nSPS) is 13.4. The first-order valence-electron chi connectivity index (χ1n) is 12.9. The number of hydrogen-bond acceptors (Lipinski definition) is 9. The molecule has 10 heteroatoms. The van der Waals surface area contributed by atoms with Crippen LogP contribution < -0.4 is 25.2 Å². The van der Waals surface area contributed by atoms with E-state index >= 15 is 0 Å². The molecule has 40 heavy (non-hydrogen) atoms. The first-order valence-corrected chi connectivity index (χ1v) is 12.9. The second kappa shape index (κ2) is 11.6. The maximum atomic E-state index is 12.3. The highest BCUT2D eigenvalue weighted by Crippen LogP contribution is 2.43. The number of carbonyl (C=O) groups excluding carboxylic acids is 1. The third-order valence-corrected chi connectivity index (χ3v) is 6.73. The lowest BCUT2D eigenvalue weighted by atomic mass is 9.91. The minimum atomic E-state index is -0.312. The van der Waals surface area contributed by atoms with E-state index in [-0.39, 0.29) is 11.3 Å². The van der Waals surface area contributed by atoms with Crippen LogP contribution >= 0.6 is 0 Å². The molecule has 0 atom stereocenters. The van der Waals surface area contributed by atoms with Gasteiger partial charge in [-0.25, -0.2) is 9.97 Å². The Kier molecular flexibility index (Phi) is 8.26. The van der Waals surface area contributed by atoms with Gasteiger partial charge in [0.1, 0.15) is 17.3 Å². The predicted molar refractivity (Wildman–Crippen MR) is 161 cm³/mol. The van der Waals surface area contributed by atoms with E-state index in [1.807, 2.05) is 51.5 Å². The van der Waals surface area contributed by atoms with Gasteiger partial charge in [0.15, 0.2) is 0 Å². The maximum Gasteiger partial charge on any atom is 0.247 e. The number of ether oxygens (including phenoxy) is 1. The summed E-state index contributed by atoms with van der Waals surface area (Å²) in [6.07, 6.45) is 8.54. The van der Waals surface area contributed by atoms with Crippen LogP contribution in [0, 0.1) is 12.3 Å². The molecule has 1 aliphatic rings. The molecule has 1 amide bonds. The summed E-state index contributed by atoms with van der Waals surface area (Å²) in [7, 11) is 7.61. The number of carbonyl (C=O) groups is 1. The lowest BCUT2D eigenvalue weighted by Crippen LogP contribution is -2.29. The van der Waals surface area contributed by atoms with E-state index in [0.717, 1.165) is 36.0 Å². The molecule has 0 saturated carbocycles. The van der Waals surface area contributed by atoms with Crippen LogP contribution in [0.3, 0.4) is 0 Å². The van der Waals surface area contributed by atoms with Gasteiger partial charge in [-0.1, -0.05) is 26.3 Å². The number of amides is 1. The van der Waals surface area contributed by atoms with Crippen LogP contribution in [-0.2, 0) is 10.2 Å². The molecule has 4 rings (SSSR count). The smallest absolute Gasteiger partial charge is 0.247 e.